The summed E-state index contributed by atoms with van der Waals surface area (Å²) in [6, 6.07) is 5.22. The highest BCUT2D eigenvalue weighted by Gasteiger charge is 2.49. The number of aromatic hydroxyl groups is 1. The van der Waals surface area contributed by atoms with Gasteiger partial charge in [-0.05, 0) is 19.1 Å². The van der Waals surface area contributed by atoms with Gasteiger partial charge in [0, 0.05) is 18.2 Å². The number of likely N-dealkylation sites (N-methyl/N-ethyl adjacent to an activating group) is 1. The molecule has 0 amide bonds. The maximum absolute atomic E-state index is 9.46. The average molecular weight is 233 g/mol. The summed E-state index contributed by atoms with van der Waals surface area (Å²) in [5.74, 6) is 1.51. The van der Waals surface area contributed by atoms with Gasteiger partial charge < -0.3 is 20.5 Å². The minimum absolute atomic E-state index is 0.218. The zero-order valence-electron chi connectivity index (χ0n) is 9.68. The van der Waals surface area contributed by atoms with Crippen molar-refractivity contribution in [1.29, 1.82) is 0 Å². The number of hydrogen-bond donors (Lipinski definition) is 2. The Morgan fingerprint density at radius 2 is 2.41 bits per heavy atom. The molecule has 17 heavy (non-hydrogen) atoms. The van der Waals surface area contributed by atoms with Gasteiger partial charge in [-0.1, -0.05) is 0 Å². The zero-order chi connectivity index (χ0) is 12.0. The third kappa shape index (κ3) is 1.22. The molecule has 5 heteroatoms. The molecule has 1 aromatic rings. The van der Waals surface area contributed by atoms with Crippen LogP contribution in [0.25, 0.3) is 0 Å². The van der Waals surface area contributed by atoms with Crippen molar-refractivity contribution in [1.82, 2.24) is 4.90 Å². The Balaban J connectivity index is 2.09. The van der Waals surface area contributed by atoms with E-state index < -0.39 is 0 Å². The van der Waals surface area contributed by atoms with Crippen molar-refractivity contribution < 1.29 is 9.84 Å². The Morgan fingerprint density at radius 3 is 3.18 bits per heavy atom. The van der Waals surface area contributed by atoms with Crippen molar-refractivity contribution in [2.24, 2.45) is 10.7 Å². The molecule has 5 nitrogen and oxygen atoms in total. The molecular weight excluding hydrogens is 218 g/mol. The Kier molecular flexibility index (Phi) is 1.98. The highest BCUT2D eigenvalue weighted by Crippen LogP contribution is 2.44. The summed E-state index contributed by atoms with van der Waals surface area (Å²) in [6.07, 6.45) is 0. The van der Waals surface area contributed by atoms with Crippen LogP contribution in [0.4, 0.5) is 0 Å². The predicted octanol–water partition coefficient (Wildman–Crippen LogP) is 0.630. The molecule has 1 aromatic carbocycles. The van der Waals surface area contributed by atoms with Crippen molar-refractivity contribution in [3.63, 3.8) is 0 Å². The molecule has 0 saturated heterocycles. The summed E-state index contributed by atoms with van der Waals surface area (Å²) in [5.41, 5.74) is 6.68. The van der Waals surface area contributed by atoms with Gasteiger partial charge in [0.2, 0.25) is 0 Å². The number of rotatable bonds is 1. The maximum Gasteiger partial charge on any atom is 0.192 e. The number of nitrogens with two attached hydrogens (primary N) is 1. The second-order valence-electron chi connectivity index (χ2n) is 4.42. The van der Waals surface area contributed by atoms with E-state index >= 15 is 0 Å². The molecule has 3 rings (SSSR count). The number of guanidine groups is 1. The number of ether oxygens (including phenoxy) is 1. The molecule has 2 aliphatic heterocycles. The van der Waals surface area contributed by atoms with Crippen molar-refractivity contribution in [2.75, 3.05) is 19.7 Å². The van der Waals surface area contributed by atoms with Gasteiger partial charge in [0.25, 0.3) is 0 Å². The quantitative estimate of drug-likeness (QED) is 0.746. The molecule has 0 saturated carbocycles. The van der Waals surface area contributed by atoms with Gasteiger partial charge in [-0.2, -0.15) is 0 Å². The minimum Gasteiger partial charge on any atom is -0.508 e. The van der Waals surface area contributed by atoms with Crippen LogP contribution in [-0.4, -0.2) is 35.7 Å². The SMILES string of the molecule is CCN1C(N)=NCC12COc1cc(O)ccc12. The van der Waals surface area contributed by atoms with Crippen LogP contribution in [0.5, 0.6) is 11.5 Å². The van der Waals surface area contributed by atoms with Crippen LogP contribution in [0.1, 0.15) is 12.5 Å². The van der Waals surface area contributed by atoms with Gasteiger partial charge in [0.05, 0.1) is 6.54 Å². The number of phenolic OH excluding ortho intramolecular Hbond substituents is 1. The van der Waals surface area contributed by atoms with E-state index in [4.69, 9.17) is 10.5 Å². The lowest BCUT2D eigenvalue weighted by molar-refractivity contribution is 0.156. The third-order valence-electron chi connectivity index (χ3n) is 3.55. The van der Waals surface area contributed by atoms with E-state index in [0.717, 1.165) is 17.9 Å². The van der Waals surface area contributed by atoms with E-state index in [0.29, 0.717) is 19.1 Å². The number of fused-ring (bicyclic) bond motifs is 2. The maximum atomic E-state index is 9.46. The molecule has 2 aliphatic rings. The smallest absolute Gasteiger partial charge is 0.192 e. The lowest BCUT2D eigenvalue weighted by Crippen LogP contribution is -2.50. The van der Waals surface area contributed by atoms with Crippen LogP contribution in [0.15, 0.2) is 23.2 Å². The van der Waals surface area contributed by atoms with Crippen LogP contribution in [0.3, 0.4) is 0 Å². The van der Waals surface area contributed by atoms with Gasteiger partial charge in [-0.25, -0.2) is 0 Å². The van der Waals surface area contributed by atoms with E-state index in [1.165, 1.54) is 0 Å². The number of benzene rings is 1. The molecule has 1 atom stereocenters. The number of aliphatic imine (C=N–C) groups is 1. The molecule has 0 aromatic heterocycles. The summed E-state index contributed by atoms with van der Waals surface area (Å²) >= 11 is 0. The molecule has 0 fully saturated rings. The average Bonchev–Trinajstić information content (AvgIpc) is 2.82. The molecule has 0 aliphatic carbocycles. The molecule has 1 spiro atoms. The van der Waals surface area contributed by atoms with Crippen LogP contribution >= 0.6 is 0 Å². The number of phenols is 1. The first-order chi connectivity index (χ1) is 8.17. The number of hydrogen-bond acceptors (Lipinski definition) is 5. The molecule has 1 unspecified atom stereocenters. The van der Waals surface area contributed by atoms with Gasteiger partial charge in [0.1, 0.15) is 23.6 Å². The summed E-state index contributed by atoms with van der Waals surface area (Å²) in [6.45, 7) is 3.99. The lowest BCUT2D eigenvalue weighted by atomic mass is 9.91. The lowest BCUT2D eigenvalue weighted by Gasteiger charge is -2.33. The van der Waals surface area contributed by atoms with E-state index in [1.807, 2.05) is 13.0 Å². The summed E-state index contributed by atoms with van der Waals surface area (Å²) in [4.78, 5) is 6.39. The largest absolute Gasteiger partial charge is 0.508 e. The van der Waals surface area contributed by atoms with E-state index in [1.54, 1.807) is 12.1 Å². The molecule has 90 valence electrons. The number of nitrogens with zero attached hydrogens (tertiary/aromatic N) is 2. The van der Waals surface area contributed by atoms with Crippen molar-refractivity contribution in [3.05, 3.63) is 23.8 Å². The van der Waals surface area contributed by atoms with Crippen LogP contribution in [0.2, 0.25) is 0 Å². The van der Waals surface area contributed by atoms with Gasteiger partial charge in [-0.3, -0.25) is 4.99 Å². The minimum atomic E-state index is -0.276. The zero-order valence-corrected chi connectivity index (χ0v) is 9.68. The van der Waals surface area contributed by atoms with E-state index in [-0.39, 0.29) is 11.3 Å². The Bertz CT molecular complexity index is 501. The van der Waals surface area contributed by atoms with E-state index in [9.17, 15) is 5.11 Å². The van der Waals surface area contributed by atoms with Crippen LogP contribution < -0.4 is 10.5 Å². The Morgan fingerprint density at radius 1 is 1.59 bits per heavy atom. The molecular formula is C12H15N3O2. The van der Waals surface area contributed by atoms with Crippen molar-refractivity contribution in [2.45, 2.75) is 12.5 Å². The van der Waals surface area contributed by atoms with Gasteiger partial charge in [-0.15, -0.1) is 0 Å². The molecule has 2 heterocycles. The van der Waals surface area contributed by atoms with Crippen molar-refractivity contribution in [3.8, 4) is 11.5 Å². The Hall–Kier alpha value is -1.91. The van der Waals surface area contributed by atoms with Crippen LogP contribution in [-0.2, 0) is 5.54 Å². The summed E-state index contributed by atoms with van der Waals surface area (Å²) in [7, 11) is 0. The second-order valence-corrected chi connectivity index (χ2v) is 4.42. The standard InChI is InChI=1S/C12H15N3O2/c1-2-15-11(13)14-6-12(15)7-17-10-5-8(16)3-4-9(10)12/h3-5,16H,2,6-7H2,1H3,(H2,13,14). The second kappa shape index (κ2) is 3.29. The summed E-state index contributed by atoms with van der Waals surface area (Å²) < 4.78 is 5.67. The first kappa shape index (κ1) is 10.3. The van der Waals surface area contributed by atoms with Gasteiger partial charge >= 0.3 is 0 Å². The highest BCUT2D eigenvalue weighted by molar-refractivity contribution is 5.82. The molecule has 3 N–H and O–H groups in total. The molecule has 0 radical (unpaired) electrons. The monoisotopic (exact) mass is 233 g/mol. The fraction of sp³-hybridized carbons (Fsp3) is 0.417. The predicted molar refractivity (Wildman–Crippen MR) is 64.1 cm³/mol. The topological polar surface area (TPSA) is 71.1 Å². The van der Waals surface area contributed by atoms with Crippen molar-refractivity contribution >= 4 is 5.96 Å². The summed E-state index contributed by atoms with van der Waals surface area (Å²) in [5, 5.41) is 9.46. The van der Waals surface area contributed by atoms with Crippen LogP contribution in [0, 0.1) is 0 Å². The fourth-order valence-electron chi connectivity index (χ4n) is 2.71. The Labute approximate surface area is 99.5 Å². The van der Waals surface area contributed by atoms with E-state index in [2.05, 4.69) is 9.89 Å². The van der Waals surface area contributed by atoms with Gasteiger partial charge in [0.15, 0.2) is 5.96 Å². The highest BCUT2D eigenvalue weighted by atomic mass is 16.5. The third-order valence-corrected chi connectivity index (χ3v) is 3.55. The first-order valence-corrected chi connectivity index (χ1v) is 5.71. The fourth-order valence-corrected chi connectivity index (χ4v) is 2.71. The normalized spacial score (nSPS) is 25.9. The molecule has 0 bridgehead atoms. The first-order valence-electron chi connectivity index (χ1n) is 5.71.